The number of hydrogen-bond donors (Lipinski definition) is 2. The summed E-state index contributed by atoms with van der Waals surface area (Å²) < 4.78 is 0. The maximum atomic E-state index is 10.7. The van der Waals surface area contributed by atoms with Crippen LogP contribution in [0, 0.1) is 10.1 Å². The molecule has 0 amide bonds. The molecule has 0 radical (unpaired) electrons. The SMILES string of the molecule is CCCCC(C)Nc1nc2ccc([N+](=O)[O-])cc2[nH]1. The van der Waals surface area contributed by atoms with Gasteiger partial charge in [0.05, 0.1) is 16.0 Å². The Kier molecular flexibility index (Phi) is 3.99. The number of aromatic nitrogens is 2. The van der Waals surface area contributed by atoms with E-state index in [1.54, 1.807) is 6.07 Å². The van der Waals surface area contributed by atoms with E-state index in [1.807, 2.05) is 0 Å². The van der Waals surface area contributed by atoms with Gasteiger partial charge in [0.1, 0.15) is 0 Å². The van der Waals surface area contributed by atoms with Crippen LogP contribution in [0.2, 0.25) is 0 Å². The number of hydrogen-bond acceptors (Lipinski definition) is 4. The molecule has 0 saturated heterocycles. The van der Waals surface area contributed by atoms with Crippen LogP contribution in [0.1, 0.15) is 33.1 Å². The van der Waals surface area contributed by atoms with E-state index in [0.717, 1.165) is 11.9 Å². The molecule has 19 heavy (non-hydrogen) atoms. The molecule has 0 aliphatic heterocycles. The normalized spacial score (nSPS) is 12.5. The molecule has 1 unspecified atom stereocenters. The van der Waals surface area contributed by atoms with Gasteiger partial charge in [-0.15, -0.1) is 0 Å². The lowest BCUT2D eigenvalue weighted by atomic mass is 10.1. The first-order valence-corrected chi connectivity index (χ1v) is 6.51. The molecule has 0 spiro atoms. The lowest BCUT2D eigenvalue weighted by Crippen LogP contribution is -2.15. The van der Waals surface area contributed by atoms with Crippen molar-refractivity contribution >= 4 is 22.7 Å². The van der Waals surface area contributed by atoms with Crippen molar-refractivity contribution in [3.8, 4) is 0 Å². The van der Waals surface area contributed by atoms with Crippen molar-refractivity contribution in [1.29, 1.82) is 0 Å². The molecular weight excluding hydrogens is 244 g/mol. The Balaban J connectivity index is 2.15. The minimum absolute atomic E-state index is 0.0710. The smallest absolute Gasteiger partial charge is 0.271 e. The van der Waals surface area contributed by atoms with Crippen LogP contribution in [0.4, 0.5) is 11.6 Å². The summed E-state index contributed by atoms with van der Waals surface area (Å²) in [6, 6.07) is 4.96. The highest BCUT2D eigenvalue weighted by Crippen LogP contribution is 2.21. The summed E-state index contributed by atoms with van der Waals surface area (Å²) in [6.07, 6.45) is 3.41. The van der Waals surface area contributed by atoms with Crippen LogP contribution in [-0.2, 0) is 0 Å². The topological polar surface area (TPSA) is 83.8 Å². The number of aromatic amines is 1. The van der Waals surface area contributed by atoms with E-state index in [4.69, 9.17) is 0 Å². The summed E-state index contributed by atoms with van der Waals surface area (Å²) in [5.74, 6) is 0.666. The van der Waals surface area contributed by atoms with Gasteiger partial charge in [0.15, 0.2) is 0 Å². The van der Waals surface area contributed by atoms with Crippen molar-refractivity contribution in [2.45, 2.75) is 39.2 Å². The van der Waals surface area contributed by atoms with Gasteiger partial charge in [-0.3, -0.25) is 10.1 Å². The number of benzene rings is 1. The molecule has 2 aromatic rings. The number of fused-ring (bicyclic) bond motifs is 1. The van der Waals surface area contributed by atoms with E-state index in [1.165, 1.54) is 25.0 Å². The van der Waals surface area contributed by atoms with Crippen molar-refractivity contribution < 1.29 is 4.92 Å². The molecule has 6 nitrogen and oxygen atoms in total. The summed E-state index contributed by atoms with van der Waals surface area (Å²) in [7, 11) is 0. The number of nitro groups is 1. The Morgan fingerprint density at radius 1 is 1.53 bits per heavy atom. The van der Waals surface area contributed by atoms with E-state index >= 15 is 0 Å². The lowest BCUT2D eigenvalue weighted by Gasteiger charge is -2.11. The maximum Gasteiger partial charge on any atom is 0.271 e. The zero-order valence-electron chi connectivity index (χ0n) is 11.1. The Bertz CT molecular complexity index is 579. The maximum absolute atomic E-state index is 10.7. The number of non-ortho nitro benzene ring substituents is 1. The van der Waals surface area contributed by atoms with Crippen LogP contribution < -0.4 is 5.32 Å². The minimum Gasteiger partial charge on any atom is -0.353 e. The monoisotopic (exact) mass is 262 g/mol. The highest BCUT2D eigenvalue weighted by Gasteiger charge is 2.10. The van der Waals surface area contributed by atoms with Crippen LogP contribution in [0.25, 0.3) is 11.0 Å². The second-order valence-electron chi connectivity index (χ2n) is 4.73. The molecule has 1 heterocycles. The lowest BCUT2D eigenvalue weighted by molar-refractivity contribution is -0.384. The summed E-state index contributed by atoms with van der Waals surface area (Å²) in [5, 5.41) is 14.0. The molecule has 0 bridgehead atoms. The fraction of sp³-hybridized carbons (Fsp3) is 0.462. The van der Waals surface area contributed by atoms with Gasteiger partial charge in [0.2, 0.25) is 5.95 Å². The molecular formula is C13H18N4O2. The average molecular weight is 262 g/mol. The van der Waals surface area contributed by atoms with Gasteiger partial charge in [-0.25, -0.2) is 4.98 Å². The van der Waals surface area contributed by atoms with Gasteiger partial charge >= 0.3 is 0 Å². The predicted molar refractivity (Wildman–Crippen MR) is 75.4 cm³/mol. The predicted octanol–water partition coefficient (Wildman–Crippen LogP) is 3.46. The van der Waals surface area contributed by atoms with Crippen LogP contribution in [0.5, 0.6) is 0 Å². The fourth-order valence-electron chi connectivity index (χ4n) is 2.00. The number of imidazole rings is 1. The van der Waals surface area contributed by atoms with Gasteiger partial charge in [-0.1, -0.05) is 19.8 Å². The molecule has 1 atom stereocenters. The Morgan fingerprint density at radius 2 is 2.32 bits per heavy atom. The van der Waals surface area contributed by atoms with Crippen LogP contribution in [0.3, 0.4) is 0 Å². The van der Waals surface area contributed by atoms with Crippen molar-refractivity contribution in [2.75, 3.05) is 5.32 Å². The summed E-state index contributed by atoms with van der Waals surface area (Å²) in [4.78, 5) is 17.7. The highest BCUT2D eigenvalue weighted by atomic mass is 16.6. The molecule has 1 aromatic carbocycles. The zero-order valence-corrected chi connectivity index (χ0v) is 11.1. The van der Waals surface area contributed by atoms with E-state index in [-0.39, 0.29) is 5.69 Å². The van der Waals surface area contributed by atoms with Crippen LogP contribution in [-0.4, -0.2) is 20.9 Å². The number of rotatable bonds is 6. The second kappa shape index (κ2) is 5.69. The van der Waals surface area contributed by atoms with E-state index < -0.39 is 4.92 Å². The number of H-pyrrole nitrogens is 1. The standard InChI is InChI=1S/C13H18N4O2/c1-3-4-5-9(2)14-13-15-11-7-6-10(17(18)19)8-12(11)16-13/h6-9H,3-5H2,1-2H3,(H2,14,15,16). The van der Waals surface area contributed by atoms with Gasteiger partial charge in [-0.2, -0.15) is 0 Å². The highest BCUT2D eigenvalue weighted by molar-refractivity contribution is 5.79. The van der Waals surface area contributed by atoms with Gasteiger partial charge < -0.3 is 10.3 Å². The number of nitrogens with zero attached hydrogens (tertiary/aromatic N) is 2. The summed E-state index contributed by atoms with van der Waals surface area (Å²) in [5.41, 5.74) is 1.48. The molecule has 1 aromatic heterocycles. The van der Waals surface area contributed by atoms with Crippen LogP contribution >= 0.6 is 0 Å². The minimum atomic E-state index is -0.406. The first-order chi connectivity index (χ1) is 9.10. The third kappa shape index (κ3) is 3.21. The molecule has 0 aliphatic rings. The summed E-state index contributed by atoms with van der Waals surface area (Å²) >= 11 is 0. The van der Waals surface area contributed by atoms with Crippen molar-refractivity contribution in [1.82, 2.24) is 9.97 Å². The zero-order chi connectivity index (χ0) is 13.8. The number of nitro benzene ring substituents is 1. The molecule has 2 N–H and O–H groups in total. The first-order valence-electron chi connectivity index (χ1n) is 6.51. The Hall–Kier alpha value is -2.11. The third-order valence-electron chi connectivity index (χ3n) is 3.05. The Morgan fingerprint density at radius 3 is 3.00 bits per heavy atom. The van der Waals surface area contributed by atoms with Gasteiger partial charge in [-0.05, 0) is 19.4 Å². The first kappa shape index (κ1) is 13.3. The van der Waals surface area contributed by atoms with E-state index in [9.17, 15) is 10.1 Å². The molecule has 2 rings (SSSR count). The third-order valence-corrected chi connectivity index (χ3v) is 3.05. The molecule has 6 heteroatoms. The molecule has 0 fully saturated rings. The fourth-order valence-corrected chi connectivity index (χ4v) is 2.00. The van der Waals surface area contributed by atoms with Crippen molar-refractivity contribution in [3.05, 3.63) is 28.3 Å². The molecule has 0 saturated carbocycles. The van der Waals surface area contributed by atoms with Crippen molar-refractivity contribution in [2.24, 2.45) is 0 Å². The van der Waals surface area contributed by atoms with E-state index in [2.05, 4.69) is 29.1 Å². The Labute approximate surface area is 111 Å². The average Bonchev–Trinajstić information content (AvgIpc) is 2.77. The molecule has 0 aliphatic carbocycles. The summed E-state index contributed by atoms with van der Waals surface area (Å²) in [6.45, 7) is 4.26. The van der Waals surface area contributed by atoms with Crippen LogP contribution in [0.15, 0.2) is 18.2 Å². The van der Waals surface area contributed by atoms with Crippen molar-refractivity contribution in [3.63, 3.8) is 0 Å². The molecule has 102 valence electrons. The quantitative estimate of drug-likeness (QED) is 0.616. The van der Waals surface area contributed by atoms with E-state index in [0.29, 0.717) is 17.5 Å². The number of unbranched alkanes of at least 4 members (excludes halogenated alkanes) is 1. The van der Waals surface area contributed by atoms with Gasteiger partial charge in [0.25, 0.3) is 5.69 Å². The second-order valence-corrected chi connectivity index (χ2v) is 4.73. The number of anilines is 1. The number of nitrogens with one attached hydrogen (secondary N) is 2. The largest absolute Gasteiger partial charge is 0.353 e. The van der Waals surface area contributed by atoms with Gasteiger partial charge in [0, 0.05) is 18.2 Å².